The summed E-state index contributed by atoms with van der Waals surface area (Å²) in [5.41, 5.74) is 0.524. The van der Waals surface area contributed by atoms with Crippen LogP contribution in [0.1, 0.15) is 38.9 Å². The van der Waals surface area contributed by atoms with Crippen LogP contribution in [0.2, 0.25) is 0 Å². The van der Waals surface area contributed by atoms with Gasteiger partial charge < -0.3 is 19.1 Å². The summed E-state index contributed by atoms with van der Waals surface area (Å²) < 4.78 is 17.8. The molecule has 1 aromatic carbocycles. The number of amides is 1. The molecule has 0 bridgehead atoms. The number of benzene rings is 1. The molecule has 1 amide bonds. The van der Waals surface area contributed by atoms with Crippen molar-refractivity contribution in [3.8, 4) is 0 Å². The van der Waals surface area contributed by atoms with Crippen LogP contribution in [-0.4, -0.2) is 43.1 Å². The Hall–Kier alpha value is -1.43. The number of nitrogens with zero attached hydrogens (tertiary/aromatic N) is 1. The fourth-order valence-corrected chi connectivity index (χ4v) is 3.43. The molecule has 4 atom stereocenters. The second-order valence-corrected chi connectivity index (χ2v) is 6.75. The van der Waals surface area contributed by atoms with Gasteiger partial charge in [-0.3, -0.25) is 4.79 Å². The van der Waals surface area contributed by atoms with Crippen molar-refractivity contribution in [2.75, 3.05) is 20.4 Å². The van der Waals surface area contributed by atoms with E-state index in [0.29, 0.717) is 6.61 Å². The van der Waals surface area contributed by atoms with Crippen LogP contribution in [0.4, 0.5) is 0 Å². The van der Waals surface area contributed by atoms with E-state index in [0.717, 1.165) is 12.0 Å². The predicted molar refractivity (Wildman–Crippen MR) is 85.5 cm³/mol. The molecule has 2 heterocycles. The van der Waals surface area contributed by atoms with Crippen molar-refractivity contribution in [2.24, 2.45) is 5.41 Å². The summed E-state index contributed by atoms with van der Waals surface area (Å²) in [5.74, 6) is -1.41. The van der Waals surface area contributed by atoms with Crippen molar-refractivity contribution in [1.29, 1.82) is 0 Å². The predicted octanol–water partition coefficient (Wildman–Crippen LogP) is 2.72. The molecule has 2 fully saturated rings. The van der Waals surface area contributed by atoms with E-state index < -0.39 is 11.2 Å². The number of morpholine rings is 1. The number of hydrogen-bond acceptors (Lipinski definition) is 4. The number of hydrogen-bond donors (Lipinski definition) is 0. The van der Waals surface area contributed by atoms with Crippen LogP contribution in [0, 0.1) is 5.41 Å². The normalized spacial score (nSPS) is 38.1. The Labute approximate surface area is 137 Å². The number of carbonyl (C=O) groups is 1. The van der Waals surface area contributed by atoms with Gasteiger partial charge in [0.2, 0.25) is 0 Å². The quantitative estimate of drug-likeness (QED) is 0.841. The third-order valence-corrected chi connectivity index (χ3v) is 5.41. The first kappa shape index (κ1) is 16.4. The molecular formula is C18H25NO4. The maximum absolute atomic E-state index is 13.1. The van der Waals surface area contributed by atoms with Gasteiger partial charge in [-0.1, -0.05) is 44.2 Å². The Balaban J connectivity index is 2.05. The zero-order valence-corrected chi connectivity index (χ0v) is 14.2. The minimum absolute atomic E-state index is 0.0666. The van der Waals surface area contributed by atoms with Gasteiger partial charge >= 0.3 is 0 Å². The van der Waals surface area contributed by atoms with Crippen molar-refractivity contribution in [3.05, 3.63) is 35.9 Å². The third kappa shape index (κ3) is 2.38. The molecule has 2 aliphatic rings. The molecule has 3 rings (SSSR count). The zero-order valence-electron chi connectivity index (χ0n) is 14.2. The smallest absolute Gasteiger partial charge is 0.283 e. The van der Waals surface area contributed by atoms with Gasteiger partial charge in [0.15, 0.2) is 6.79 Å². The molecule has 0 unspecified atom stereocenters. The van der Waals surface area contributed by atoms with Gasteiger partial charge in [-0.15, -0.1) is 0 Å². The molecule has 5 nitrogen and oxygen atoms in total. The Morgan fingerprint density at radius 2 is 2.00 bits per heavy atom. The lowest BCUT2D eigenvalue weighted by Gasteiger charge is -2.55. The van der Waals surface area contributed by atoms with E-state index in [1.807, 2.05) is 58.2 Å². The van der Waals surface area contributed by atoms with Gasteiger partial charge in [-0.05, 0) is 18.9 Å². The van der Waals surface area contributed by atoms with Gasteiger partial charge in [0.25, 0.3) is 11.7 Å². The molecule has 23 heavy (non-hydrogen) atoms. The summed E-state index contributed by atoms with van der Waals surface area (Å²) in [6.45, 7) is 6.55. The van der Waals surface area contributed by atoms with Crippen molar-refractivity contribution < 1.29 is 19.0 Å². The van der Waals surface area contributed by atoms with Crippen LogP contribution in [-0.2, 0) is 19.0 Å². The first-order valence-corrected chi connectivity index (χ1v) is 8.17. The lowest BCUT2D eigenvalue weighted by Crippen LogP contribution is -2.69. The second-order valence-electron chi connectivity index (χ2n) is 6.75. The molecule has 0 saturated carbocycles. The maximum Gasteiger partial charge on any atom is 0.283 e. The summed E-state index contributed by atoms with van der Waals surface area (Å²) >= 11 is 0. The Bertz CT molecular complexity index is 578. The molecule has 0 radical (unpaired) electrons. The summed E-state index contributed by atoms with van der Waals surface area (Å²) in [7, 11) is 1.82. The van der Waals surface area contributed by atoms with Gasteiger partial charge in [-0.2, -0.15) is 0 Å². The van der Waals surface area contributed by atoms with Crippen LogP contribution in [0.15, 0.2) is 30.3 Å². The van der Waals surface area contributed by atoms with E-state index in [-0.39, 0.29) is 24.8 Å². The van der Waals surface area contributed by atoms with E-state index in [9.17, 15) is 4.79 Å². The molecular weight excluding hydrogens is 294 g/mol. The fourth-order valence-electron chi connectivity index (χ4n) is 3.43. The van der Waals surface area contributed by atoms with Crippen LogP contribution in [0.25, 0.3) is 0 Å². The Morgan fingerprint density at radius 1 is 1.30 bits per heavy atom. The van der Waals surface area contributed by atoms with E-state index in [1.165, 1.54) is 0 Å². The molecule has 5 heteroatoms. The van der Waals surface area contributed by atoms with E-state index in [1.54, 1.807) is 4.90 Å². The lowest BCUT2D eigenvalue weighted by molar-refractivity contribution is -0.377. The average Bonchev–Trinajstić information content (AvgIpc) is 2.59. The van der Waals surface area contributed by atoms with Crippen LogP contribution in [0.3, 0.4) is 0 Å². The van der Waals surface area contributed by atoms with Crippen molar-refractivity contribution in [2.45, 2.75) is 45.1 Å². The second kappa shape index (κ2) is 5.89. The molecule has 1 aromatic rings. The maximum atomic E-state index is 13.1. The topological polar surface area (TPSA) is 48.0 Å². The van der Waals surface area contributed by atoms with Gasteiger partial charge in [0.1, 0.15) is 6.10 Å². The molecule has 0 aromatic heterocycles. The number of carbonyl (C=O) groups excluding carboxylic acids is 1. The van der Waals surface area contributed by atoms with Crippen molar-refractivity contribution in [3.63, 3.8) is 0 Å². The van der Waals surface area contributed by atoms with Gasteiger partial charge in [0, 0.05) is 7.05 Å². The van der Waals surface area contributed by atoms with Crippen LogP contribution < -0.4 is 0 Å². The highest BCUT2D eigenvalue weighted by atomic mass is 16.8. The standard InChI is InChI=1S/C18H25NO4/c1-5-17(3)11-21-12-22-18(17)16(20)19(4)13(2)15(23-18)14-9-7-6-8-10-14/h6-10,13,15H,5,11-12H2,1-4H3/t13-,15-,17-,18+/m0/s1. The SMILES string of the molecule is CC[C@@]1(C)COCO[C@]12O[C@H](c1ccccc1)[C@H](C)N(C)C2=O. The van der Waals surface area contributed by atoms with E-state index in [2.05, 4.69) is 0 Å². The van der Waals surface area contributed by atoms with Crippen molar-refractivity contribution in [1.82, 2.24) is 4.90 Å². The minimum atomic E-state index is -1.29. The highest BCUT2D eigenvalue weighted by Gasteiger charge is 2.63. The van der Waals surface area contributed by atoms with Crippen LogP contribution >= 0.6 is 0 Å². The van der Waals surface area contributed by atoms with Crippen molar-refractivity contribution >= 4 is 5.91 Å². The number of ether oxygens (including phenoxy) is 3. The fraction of sp³-hybridized carbons (Fsp3) is 0.611. The van der Waals surface area contributed by atoms with Crippen LogP contribution in [0.5, 0.6) is 0 Å². The summed E-state index contributed by atoms with van der Waals surface area (Å²) in [5, 5.41) is 0. The first-order valence-electron chi connectivity index (χ1n) is 8.17. The van der Waals surface area contributed by atoms with Gasteiger partial charge in [0.05, 0.1) is 18.1 Å². The molecule has 2 saturated heterocycles. The number of rotatable bonds is 2. The summed E-state index contributed by atoms with van der Waals surface area (Å²) in [6.07, 6.45) is 0.491. The summed E-state index contributed by atoms with van der Waals surface area (Å²) in [4.78, 5) is 14.8. The molecule has 0 aliphatic carbocycles. The molecule has 1 spiro atoms. The summed E-state index contributed by atoms with van der Waals surface area (Å²) in [6, 6.07) is 9.94. The monoisotopic (exact) mass is 319 g/mol. The highest BCUT2D eigenvalue weighted by molar-refractivity contribution is 5.86. The molecule has 2 aliphatic heterocycles. The highest BCUT2D eigenvalue weighted by Crippen LogP contribution is 2.49. The average molecular weight is 319 g/mol. The Morgan fingerprint density at radius 3 is 2.65 bits per heavy atom. The minimum Gasteiger partial charge on any atom is -0.354 e. The van der Waals surface area contributed by atoms with E-state index >= 15 is 0 Å². The van der Waals surface area contributed by atoms with Gasteiger partial charge in [-0.25, -0.2) is 0 Å². The molecule has 126 valence electrons. The third-order valence-electron chi connectivity index (χ3n) is 5.41. The largest absolute Gasteiger partial charge is 0.354 e. The Kier molecular flexibility index (Phi) is 4.21. The first-order chi connectivity index (χ1) is 11.0. The lowest BCUT2D eigenvalue weighted by atomic mass is 9.76. The zero-order chi connectivity index (χ0) is 16.7. The van der Waals surface area contributed by atoms with E-state index in [4.69, 9.17) is 14.2 Å². The number of likely N-dealkylation sites (N-methyl/N-ethyl adjacent to an activating group) is 1. The molecule has 0 N–H and O–H groups in total.